The molecule has 0 spiro atoms. The molecule has 2 rings (SSSR count). The normalized spacial score (nSPS) is 10.8. The zero-order valence-corrected chi connectivity index (χ0v) is 11.4. The summed E-state index contributed by atoms with van der Waals surface area (Å²) in [5.41, 5.74) is 1.76. The molecule has 1 heterocycles. The van der Waals surface area contributed by atoms with E-state index in [9.17, 15) is 9.18 Å². The third-order valence-electron chi connectivity index (χ3n) is 2.63. The molecule has 90 valence electrons. The summed E-state index contributed by atoms with van der Waals surface area (Å²) < 4.78 is 18.5. The van der Waals surface area contributed by atoms with Gasteiger partial charge in [0.1, 0.15) is 5.82 Å². The van der Waals surface area contributed by atoms with E-state index < -0.39 is 0 Å². The molecule has 0 amide bonds. The van der Waals surface area contributed by atoms with Crippen LogP contribution in [-0.4, -0.2) is 18.1 Å². The van der Waals surface area contributed by atoms with Crippen LogP contribution in [0.15, 0.2) is 18.3 Å². The highest BCUT2D eigenvalue weighted by molar-refractivity contribution is 14.1. The third-order valence-corrected chi connectivity index (χ3v) is 3.46. The molecule has 0 aliphatic rings. The van der Waals surface area contributed by atoms with Gasteiger partial charge in [0.05, 0.1) is 7.11 Å². The molecule has 5 heteroatoms. The molecular weight excluding hydrogens is 336 g/mol. The number of H-pyrrole nitrogens is 1. The number of carbonyl (C=O) groups is 1. The number of aromatic amines is 1. The predicted molar refractivity (Wildman–Crippen MR) is 71.3 cm³/mol. The third kappa shape index (κ3) is 2.59. The van der Waals surface area contributed by atoms with Crippen molar-refractivity contribution >= 4 is 39.5 Å². The Labute approximate surface area is 111 Å². The average Bonchev–Trinajstić information content (AvgIpc) is 2.69. The fourth-order valence-corrected chi connectivity index (χ4v) is 2.19. The Morgan fingerprint density at radius 2 is 2.29 bits per heavy atom. The minimum Gasteiger partial charge on any atom is -0.469 e. The minimum absolute atomic E-state index is 0.237. The number of hydrogen-bond donors (Lipinski definition) is 1. The molecule has 0 aliphatic heterocycles. The molecule has 2 aromatic rings. The molecule has 0 saturated heterocycles. The second kappa shape index (κ2) is 5.03. The van der Waals surface area contributed by atoms with E-state index in [1.54, 1.807) is 6.07 Å². The van der Waals surface area contributed by atoms with Crippen LogP contribution in [0.3, 0.4) is 0 Å². The number of halogens is 2. The molecule has 1 N–H and O–H groups in total. The van der Waals surface area contributed by atoms with Crippen LogP contribution < -0.4 is 0 Å². The average molecular weight is 347 g/mol. The van der Waals surface area contributed by atoms with Gasteiger partial charge in [-0.2, -0.15) is 0 Å². The van der Waals surface area contributed by atoms with Crippen LogP contribution in [0.25, 0.3) is 10.9 Å². The van der Waals surface area contributed by atoms with Crippen LogP contribution in [0, 0.1) is 9.39 Å². The molecule has 1 aromatic carbocycles. The Bertz CT molecular complexity index is 565. The zero-order chi connectivity index (χ0) is 12.4. The van der Waals surface area contributed by atoms with E-state index in [1.807, 2.05) is 28.8 Å². The Morgan fingerprint density at radius 1 is 1.53 bits per heavy atom. The Hall–Kier alpha value is -1.11. The molecule has 3 nitrogen and oxygen atoms in total. The molecule has 17 heavy (non-hydrogen) atoms. The number of methoxy groups -OCH3 is 1. The van der Waals surface area contributed by atoms with Crippen molar-refractivity contribution < 1.29 is 13.9 Å². The van der Waals surface area contributed by atoms with Crippen molar-refractivity contribution in [2.24, 2.45) is 0 Å². The molecule has 0 fully saturated rings. The van der Waals surface area contributed by atoms with Gasteiger partial charge in [0, 0.05) is 27.1 Å². The van der Waals surface area contributed by atoms with Gasteiger partial charge in [0.15, 0.2) is 0 Å². The van der Waals surface area contributed by atoms with Gasteiger partial charge in [-0.1, -0.05) is 0 Å². The van der Waals surface area contributed by atoms with Crippen molar-refractivity contribution in [1.29, 1.82) is 0 Å². The molecule has 1 aromatic heterocycles. The summed E-state index contributed by atoms with van der Waals surface area (Å²) in [6.45, 7) is 0. The van der Waals surface area contributed by atoms with E-state index in [-0.39, 0.29) is 11.8 Å². The van der Waals surface area contributed by atoms with Crippen LogP contribution in [0.5, 0.6) is 0 Å². The van der Waals surface area contributed by atoms with Gasteiger partial charge in [0.2, 0.25) is 0 Å². The molecule has 0 unspecified atom stereocenters. The summed E-state index contributed by atoms with van der Waals surface area (Å²) in [7, 11) is 1.37. The van der Waals surface area contributed by atoms with E-state index in [1.165, 1.54) is 13.2 Å². The lowest BCUT2D eigenvalue weighted by molar-refractivity contribution is -0.140. The summed E-state index contributed by atoms with van der Waals surface area (Å²) in [6, 6.07) is 3.26. The van der Waals surface area contributed by atoms with Crippen LogP contribution >= 0.6 is 22.6 Å². The first-order chi connectivity index (χ1) is 8.11. The van der Waals surface area contributed by atoms with E-state index in [0.717, 1.165) is 16.5 Å². The highest BCUT2D eigenvalue weighted by Crippen LogP contribution is 2.24. The fraction of sp³-hybridized carbons (Fsp3) is 0.250. The molecular formula is C12H11FINO2. The number of benzene rings is 1. The van der Waals surface area contributed by atoms with E-state index in [4.69, 9.17) is 0 Å². The summed E-state index contributed by atoms with van der Waals surface area (Å²) in [5, 5.41) is 0.958. The van der Waals surface area contributed by atoms with Gasteiger partial charge < -0.3 is 9.72 Å². The van der Waals surface area contributed by atoms with Crippen LogP contribution in [-0.2, 0) is 16.0 Å². The van der Waals surface area contributed by atoms with Crippen molar-refractivity contribution in [2.75, 3.05) is 7.11 Å². The topological polar surface area (TPSA) is 42.1 Å². The maximum Gasteiger partial charge on any atom is 0.305 e. The highest BCUT2D eigenvalue weighted by Gasteiger charge is 2.09. The maximum absolute atomic E-state index is 13.3. The van der Waals surface area contributed by atoms with E-state index in [0.29, 0.717) is 16.4 Å². The fourth-order valence-electron chi connectivity index (χ4n) is 1.72. The lowest BCUT2D eigenvalue weighted by Gasteiger charge is -2.00. The Balaban J connectivity index is 2.29. The minimum atomic E-state index is -0.240. The Kier molecular flexibility index (Phi) is 3.66. The van der Waals surface area contributed by atoms with E-state index >= 15 is 0 Å². The zero-order valence-electron chi connectivity index (χ0n) is 9.22. The van der Waals surface area contributed by atoms with E-state index in [2.05, 4.69) is 9.72 Å². The number of nitrogens with one attached hydrogen (secondary N) is 1. The lowest BCUT2D eigenvalue weighted by atomic mass is 10.1. The van der Waals surface area contributed by atoms with Crippen LogP contribution in [0.2, 0.25) is 0 Å². The van der Waals surface area contributed by atoms with Crippen LogP contribution in [0.4, 0.5) is 4.39 Å². The number of rotatable bonds is 3. The Morgan fingerprint density at radius 3 is 3.00 bits per heavy atom. The first-order valence-corrected chi connectivity index (χ1v) is 6.21. The number of aryl methyl sites for hydroxylation is 1. The molecule has 0 radical (unpaired) electrons. The van der Waals surface area contributed by atoms with Gasteiger partial charge >= 0.3 is 5.97 Å². The summed E-state index contributed by atoms with van der Waals surface area (Å²) in [5.74, 6) is -0.476. The number of carbonyl (C=O) groups excluding carboxylic acids is 1. The number of aromatic nitrogens is 1. The largest absolute Gasteiger partial charge is 0.469 e. The summed E-state index contributed by atoms with van der Waals surface area (Å²) in [6.07, 6.45) is 2.73. The van der Waals surface area contributed by atoms with Crippen molar-refractivity contribution in [1.82, 2.24) is 4.98 Å². The lowest BCUT2D eigenvalue weighted by Crippen LogP contribution is -2.01. The van der Waals surface area contributed by atoms with Gasteiger partial charge in [-0.05, 0) is 46.7 Å². The first-order valence-electron chi connectivity index (χ1n) is 5.13. The standard InChI is InChI=1S/C12H11FINO2/c1-17-12(16)3-2-7-6-15-11-5-9(13)10(14)4-8(7)11/h4-6,15H,2-3H2,1H3. The van der Waals surface area contributed by atoms with Gasteiger partial charge in [0.25, 0.3) is 0 Å². The maximum atomic E-state index is 13.3. The van der Waals surface area contributed by atoms with Crippen LogP contribution in [0.1, 0.15) is 12.0 Å². The number of esters is 1. The van der Waals surface area contributed by atoms with Crippen molar-refractivity contribution in [2.45, 2.75) is 12.8 Å². The number of ether oxygens (including phenoxy) is 1. The van der Waals surface area contributed by atoms with Gasteiger partial charge in [-0.15, -0.1) is 0 Å². The number of hydrogen-bond acceptors (Lipinski definition) is 2. The van der Waals surface area contributed by atoms with Crippen molar-refractivity contribution in [3.63, 3.8) is 0 Å². The first kappa shape index (κ1) is 12.3. The molecule has 0 bridgehead atoms. The second-order valence-corrected chi connectivity index (χ2v) is 4.86. The second-order valence-electron chi connectivity index (χ2n) is 3.70. The van der Waals surface area contributed by atoms with Crippen molar-refractivity contribution in [3.05, 3.63) is 33.3 Å². The highest BCUT2D eigenvalue weighted by atomic mass is 127. The molecule has 0 saturated carbocycles. The quantitative estimate of drug-likeness (QED) is 0.685. The summed E-state index contributed by atoms with van der Waals surface area (Å²) >= 11 is 1.96. The smallest absolute Gasteiger partial charge is 0.305 e. The summed E-state index contributed by atoms with van der Waals surface area (Å²) in [4.78, 5) is 14.1. The van der Waals surface area contributed by atoms with Crippen molar-refractivity contribution in [3.8, 4) is 0 Å². The number of fused-ring (bicyclic) bond motifs is 1. The van der Waals surface area contributed by atoms with Gasteiger partial charge in [-0.3, -0.25) is 4.79 Å². The molecule has 0 aliphatic carbocycles. The molecule has 0 atom stereocenters. The predicted octanol–water partition coefficient (Wildman–Crippen LogP) is 3.02. The SMILES string of the molecule is COC(=O)CCc1c[nH]c2cc(F)c(I)cc12. The van der Waals surface area contributed by atoms with Gasteiger partial charge in [-0.25, -0.2) is 4.39 Å². The monoisotopic (exact) mass is 347 g/mol.